The van der Waals surface area contributed by atoms with Crippen LogP contribution in [-0.4, -0.2) is 37.2 Å². The van der Waals surface area contributed by atoms with E-state index < -0.39 is 6.10 Å². The zero-order chi connectivity index (χ0) is 54.3. The monoisotopic (exact) mass is 1040 g/mol. The summed E-state index contributed by atoms with van der Waals surface area (Å²) >= 11 is 0. The zero-order valence-electron chi connectivity index (χ0n) is 48.8. The fourth-order valence-corrected chi connectivity index (χ4v) is 8.27. The molecule has 0 aromatic heterocycles. The van der Waals surface area contributed by atoms with Gasteiger partial charge in [-0.3, -0.25) is 14.4 Å². The molecular formula is C69H114O6. The van der Waals surface area contributed by atoms with Crippen molar-refractivity contribution in [1.82, 2.24) is 0 Å². The molecule has 0 bridgehead atoms. The van der Waals surface area contributed by atoms with Crippen LogP contribution < -0.4 is 0 Å². The molecular weight excluding hydrogens is 925 g/mol. The van der Waals surface area contributed by atoms with Gasteiger partial charge in [-0.15, -0.1) is 0 Å². The molecule has 6 nitrogen and oxygen atoms in total. The fraction of sp³-hybridized carbons (Fsp3) is 0.667. The van der Waals surface area contributed by atoms with Gasteiger partial charge in [-0.25, -0.2) is 0 Å². The van der Waals surface area contributed by atoms with Gasteiger partial charge in [0, 0.05) is 19.3 Å². The van der Waals surface area contributed by atoms with Crippen LogP contribution in [0.4, 0.5) is 0 Å². The number of rotatable bonds is 55. The van der Waals surface area contributed by atoms with Crippen molar-refractivity contribution in [2.45, 2.75) is 284 Å². The van der Waals surface area contributed by atoms with Gasteiger partial charge in [0.1, 0.15) is 13.2 Å². The van der Waals surface area contributed by atoms with Gasteiger partial charge in [-0.05, 0) is 135 Å². The molecule has 1 unspecified atom stereocenters. The Kier molecular flexibility index (Phi) is 58.9. The van der Waals surface area contributed by atoms with Gasteiger partial charge in [0.25, 0.3) is 0 Å². The van der Waals surface area contributed by atoms with Crippen LogP contribution in [0.15, 0.2) is 122 Å². The van der Waals surface area contributed by atoms with Crippen LogP contribution in [0.5, 0.6) is 0 Å². The van der Waals surface area contributed by atoms with E-state index >= 15 is 0 Å². The predicted molar refractivity (Wildman–Crippen MR) is 325 cm³/mol. The second kappa shape index (κ2) is 62.4. The van der Waals surface area contributed by atoms with E-state index in [-0.39, 0.29) is 31.1 Å². The second-order valence-electron chi connectivity index (χ2n) is 20.2. The highest BCUT2D eigenvalue weighted by Gasteiger charge is 2.19. The quantitative estimate of drug-likeness (QED) is 0.0261. The number of ether oxygens (including phenoxy) is 3. The van der Waals surface area contributed by atoms with E-state index in [9.17, 15) is 14.4 Å². The van der Waals surface area contributed by atoms with Crippen molar-refractivity contribution in [3.8, 4) is 0 Å². The number of carbonyl (C=O) groups is 3. The van der Waals surface area contributed by atoms with E-state index in [1.54, 1.807) is 0 Å². The van der Waals surface area contributed by atoms with Gasteiger partial charge in [-0.1, -0.05) is 245 Å². The standard InChI is InChI=1S/C69H114O6/c1-4-7-10-13-16-19-22-25-27-29-31-32-33-34-35-36-37-38-39-41-42-44-47-50-53-56-59-62-68(71)74-65-66(64-73-67(70)61-58-55-52-49-46-24-21-18-15-12-9-6-3)75-69(72)63-60-57-54-51-48-45-43-40-30-28-26-23-20-17-14-11-8-5-2/h7,10,16,18-19,21,25,27-28,30-32,34-35,37-38,41-42,47,50,66H,4-6,8-9,11-15,17,20,22-24,26,29,33,36,39-40,43-46,48-49,51-65H2,1-3H3/b10-7-,19-16-,21-18-,27-25-,30-28-,32-31-,35-34-,38-37-,42-41-,50-47-. The third-order valence-corrected chi connectivity index (χ3v) is 12.9. The van der Waals surface area contributed by atoms with Crippen LogP contribution in [0.2, 0.25) is 0 Å². The SMILES string of the molecule is CC/C=C\C/C=C\C/C=C\C/C=C\C/C=C\C/C=C\C/C=C\C/C=C\CCCCC(=O)OCC(COC(=O)CCCCCCC/C=C\CCCCC)OC(=O)CCCCCCCCC/C=C\CCCCCCCCC. The maximum Gasteiger partial charge on any atom is 0.306 e. The molecule has 0 N–H and O–H groups in total. The Morgan fingerprint density at radius 3 is 0.880 bits per heavy atom. The van der Waals surface area contributed by atoms with Crippen LogP contribution in [0.1, 0.15) is 278 Å². The van der Waals surface area contributed by atoms with Crippen LogP contribution in [0.25, 0.3) is 0 Å². The molecule has 0 saturated carbocycles. The van der Waals surface area contributed by atoms with E-state index in [0.29, 0.717) is 25.7 Å². The van der Waals surface area contributed by atoms with Crippen molar-refractivity contribution >= 4 is 17.9 Å². The lowest BCUT2D eigenvalue weighted by molar-refractivity contribution is -0.167. The van der Waals surface area contributed by atoms with E-state index in [1.165, 1.54) is 116 Å². The molecule has 0 aromatic rings. The van der Waals surface area contributed by atoms with Crippen LogP contribution in [0.3, 0.4) is 0 Å². The molecule has 0 aliphatic heterocycles. The Hall–Kier alpha value is -4.19. The summed E-state index contributed by atoms with van der Waals surface area (Å²) in [6.07, 6.45) is 86.3. The van der Waals surface area contributed by atoms with Gasteiger partial charge < -0.3 is 14.2 Å². The van der Waals surface area contributed by atoms with Crippen molar-refractivity contribution in [2.75, 3.05) is 13.2 Å². The maximum atomic E-state index is 12.9. The number of esters is 3. The molecule has 0 aromatic carbocycles. The molecule has 0 fully saturated rings. The summed E-state index contributed by atoms with van der Waals surface area (Å²) in [5.41, 5.74) is 0. The summed E-state index contributed by atoms with van der Waals surface area (Å²) in [6, 6.07) is 0. The zero-order valence-corrected chi connectivity index (χ0v) is 48.8. The lowest BCUT2D eigenvalue weighted by Gasteiger charge is -2.18. The smallest absolute Gasteiger partial charge is 0.306 e. The summed E-state index contributed by atoms with van der Waals surface area (Å²) in [5.74, 6) is -0.956. The number of hydrogen-bond donors (Lipinski definition) is 0. The largest absolute Gasteiger partial charge is 0.462 e. The minimum Gasteiger partial charge on any atom is -0.462 e. The number of carbonyl (C=O) groups excluding carboxylic acids is 3. The Morgan fingerprint density at radius 1 is 0.280 bits per heavy atom. The molecule has 6 heteroatoms. The average Bonchev–Trinajstić information content (AvgIpc) is 3.41. The lowest BCUT2D eigenvalue weighted by Crippen LogP contribution is -2.30. The Bertz CT molecular complexity index is 1570. The first-order valence-corrected chi connectivity index (χ1v) is 31.0. The van der Waals surface area contributed by atoms with Crippen molar-refractivity contribution in [3.63, 3.8) is 0 Å². The molecule has 0 heterocycles. The summed E-state index contributed by atoms with van der Waals surface area (Å²) in [7, 11) is 0. The molecule has 426 valence electrons. The van der Waals surface area contributed by atoms with Gasteiger partial charge in [0.2, 0.25) is 0 Å². The molecule has 0 saturated heterocycles. The highest BCUT2D eigenvalue weighted by molar-refractivity contribution is 5.71. The number of unbranched alkanes of at least 4 members (excludes halogenated alkanes) is 24. The maximum absolute atomic E-state index is 12.9. The first-order valence-electron chi connectivity index (χ1n) is 31.0. The second-order valence-corrected chi connectivity index (χ2v) is 20.2. The van der Waals surface area contributed by atoms with Crippen molar-refractivity contribution in [2.24, 2.45) is 0 Å². The summed E-state index contributed by atoms with van der Waals surface area (Å²) in [6.45, 7) is 6.46. The summed E-state index contributed by atoms with van der Waals surface area (Å²) in [4.78, 5) is 38.2. The first-order chi connectivity index (χ1) is 37.0. The Morgan fingerprint density at radius 2 is 0.520 bits per heavy atom. The van der Waals surface area contributed by atoms with Crippen LogP contribution >= 0.6 is 0 Å². The molecule has 75 heavy (non-hydrogen) atoms. The van der Waals surface area contributed by atoms with Crippen LogP contribution in [-0.2, 0) is 28.6 Å². The van der Waals surface area contributed by atoms with Crippen molar-refractivity contribution in [3.05, 3.63) is 122 Å². The minimum atomic E-state index is -0.805. The molecule has 1 atom stereocenters. The van der Waals surface area contributed by atoms with Gasteiger partial charge in [-0.2, -0.15) is 0 Å². The number of allylic oxidation sites excluding steroid dienone is 20. The van der Waals surface area contributed by atoms with Crippen molar-refractivity contribution in [1.29, 1.82) is 0 Å². The number of hydrogen-bond acceptors (Lipinski definition) is 6. The minimum absolute atomic E-state index is 0.0998. The Labute approximate surface area is 462 Å². The Balaban J connectivity index is 4.43. The van der Waals surface area contributed by atoms with Gasteiger partial charge >= 0.3 is 17.9 Å². The third kappa shape index (κ3) is 60.6. The van der Waals surface area contributed by atoms with E-state index in [2.05, 4.69) is 142 Å². The van der Waals surface area contributed by atoms with E-state index in [4.69, 9.17) is 14.2 Å². The fourth-order valence-electron chi connectivity index (χ4n) is 8.27. The first kappa shape index (κ1) is 70.8. The van der Waals surface area contributed by atoms with E-state index in [1.807, 2.05) is 0 Å². The summed E-state index contributed by atoms with van der Waals surface area (Å²) in [5, 5.41) is 0. The van der Waals surface area contributed by atoms with Crippen molar-refractivity contribution < 1.29 is 28.6 Å². The van der Waals surface area contributed by atoms with Gasteiger partial charge in [0.15, 0.2) is 6.10 Å². The molecule has 0 radical (unpaired) electrons. The topological polar surface area (TPSA) is 78.9 Å². The third-order valence-electron chi connectivity index (χ3n) is 12.9. The molecule has 0 rings (SSSR count). The van der Waals surface area contributed by atoms with Gasteiger partial charge in [0.05, 0.1) is 0 Å². The predicted octanol–water partition coefficient (Wildman–Crippen LogP) is 21.2. The lowest BCUT2D eigenvalue weighted by atomic mass is 10.1. The normalized spacial score (nSPS) is 12.9. The molecule has 0 aliphatic carbocycles. The molecule has 0 aliphatic rings. The summed E-state index contributed by atoms with van der Waals surface area (Å²) < 4.78 is 16.8. The average molecular weight is 1040 g/mol. The highest BCUT2D eigenvalue weighted by atomic mass is 16.6. The van der Waals surface area contributed by atoms with E-state index in [0.717, 1.165) is 116 Å². The molecule has 0 amide bonds. The highest BCUT2D eigenvalue weighted by Crippen LogP contribution is 2.14. The van der Waals surface area contributed by atoms with Crippen LogP contribution in [0, 0.1) is 0 Å². The molecule has 0 spiro atoms.